The zero-order chi connectivity index (χ0) is 39.4. The molecule has 6 rings (SSSR count). The number of hydroxylamine groups is 4. The Hall–Kier alpha value is -5.80. The largest absolute Gasteiger partial charge is 0.334 e. The summed E-state index contributed by atoms with van der Waals surface area (Å²) < 4.78 is 0. The minimum absolute atomic E-state index is 0.00171. The van der Waals surface area contributed by atoms with E-state index < -0.39 is 71.1 Å². The maximum Gasteiger partial charge on any atom is 0.334 e. The van der Waals surface area contributed by atoms with Gasteiger partial charge in [0.1, 0.15) is 11.1 Å². The fraction of sp³-hybridized carbons (Fsp3) is 0.333. The van der Waals surface area contributed by atoms with Crippen molar-refractivity contribution in [2.24, 2.45) is 0 Å². The third-order valence-electron chi connectivity index (χ3n) is 7.35. The Labute approximate surface area is 314 Å². The van der Waals surface area contributed by atoms with Crippen LogP contribution in [0.2, 0.25) is 0 Å². The van der Waals surface area contributed by atoms with Crippen molar-refractivity contribution in [3.05, 3.63) is 60.9 Å². The number of hydrogen-bond acceptors (Lipinski definition) is 16. The molecule has 5 aliphatic heterocycles. The van der Waals surface area contributed by atoms with Crippen LogP contribution < -0.4 is 0 Å². The van der Waals surface area contributed by atoms with Crippen molar-refractivity contribution < 1.29 is 62.4 Å². The third-order valence-corrected chi connectivity index (χ3v) is 9.62. The third kappa shape index (κ3) is 11.3. The maximum absolute atomic E-state index is 11.5. The minimum Gasteiger partial charge on any atom is -0.330 e. The number of aromatic nitrogens is 1. The molecule has 21 heteroatoms. The molecule has 0 aliphatic carbocycles. The van der Waals surface area contributed by atoms with Crippen LogP contribution in [0.25, 0.3) is 0 Å². The second kappa shape index (κ2) is 19.3. The Morgan fingerprint density at radius 2 is 1.11 bits per heavy atom. The molecule has 1 aromatic heterocycles. The van der Waals surface area contributed by atoms with Crippen LogP contribution in [0, 0.1) is 0 Å². The summed E-state index contributed by atoms with van der Waals surface area (Å²) in [4.78, 5) is 141. The number of carbonyl (C=O) groups is 11. The second-order valence-corrected chi connectivity index (χ2v) is 13.7. The number of nitrogens with zero attached hydrogens (tertiary/aromatic N) is 6. The van der Waals surface area contributed by atoms with Gasteiger partial charge in [0.25, 0.3) is 59.1 Å². The van der Waals surface area contributed by atoms with E-state index in [1.54, 1.807) is 13.1 Å². The lowest BCUT2D eigenvalue weighted by atomic mass is 10.3. The molecule has 1 atom stereocenters. The van der Waals surface area contributed by atoms with E-state index >= 15 is 0 Å². The number of amides is 10. The highest BCUT2D eigenvalue weighted by molar-refractivity contribution is 8.76. The first-order valence-corrected chi connectivity index (χ1v) is 18.5. The first-order chi connectivity index (χ1) is 25.7. The van der Waals surface area contributed by atoms with Crippen LogP contribution >= 0.6 is 21.6 Å². The first-order valence-electron chi connectivity index (χ1n) is 16.2. The van der Waals surface area contributed by atoms with Crippen LogP contribution in [0.15, 0.2) is 65.9 Å². The highest BCUT2D eigenvalue weighted by atomic mass is 33.1. The highest BCUT2D eigenvalue weighted by Crippen LogP contribution is 2.29. The van der Waals surface area contributed by atoms with Gasteiger partial charge in [-0.05, 0) is 29.9 Å². The van der Waals surface area contributed by atoms with Crippen LogP contribution in [0.3, 0.4) is 0 Å². The predicted octanol–water partition coefficient (Wildman–Crippen LogP) is 0.0361. The van der Waals surface area contributed by atoms with Gasteiger partial charge in [-0.15, -0.1) is 5.06 Å². The zero-order valence-electron chi connectivity index (χ0n) is 28.5. The van der Waals surface area contributed by atoms with Crippen LogP contribution in [0.1, 0.15) is 39.0 Å². The molecular weight excluding hydrogens is 753 g/mol. The molecule has 10 amide bonds. The average molecular weight is 785 g/mol. The van der Waals surface area contributed by atoms with Crippen molar-refractivity contribution >= 4 is 86.6 Å². The predicted molar refractivity (Wildman–Crippen MR) is 184 cm³/mol. The Morgan fingerprint density at radius 1 is 0.667 bits per heavy atom. The van der Waals surface area contributed by atoms with Gasteiger partial charge in [0.05, 0.1) is 13.0 Å². The van der Waals surface area contributed by atoms with E-state index in [1.165, 1.54) is 33.7 Å². The Kier molecular flexibility index (Phi) is 14.7. The number of pyridine rings is 1. The second-order valence-electron chi connectivity index (χ2n) is 11.3. The molecule has 0 aromatic carbocycles. The summed E-state index contributed by atoms with van der Waals surface area (Å²) in [6.07, 6.45) is 8.66. The van der Waals surface area contributed by atoms with Crippen LogP contribution in [-0.2, 0) is 62.4 Å². The summed E-state index contributed by atoms with van der Waals surface area (Å²) in [5.41, 5.74) is 0. The molecule has 1 aromatic rings. The number of rotatable bonds is 13. The van der Waals surface area contributed by atoms with Crippen molar-refractivity contribution in [3.63, 3.8) is 0 Å². The molecule has 54 heavy (non-hydrogen) atoms. The van der Waals surface area contributed by atoms with E-state index in [0.717, 1.165) is 44.0 Å². The van der Waals surface area contributed by atoms with Gasteiger partial charge in [-0.3, -0.25) is 67.5 Å². The summed E-state index contributed by atoms with van der Waals surface area (Å²) in [6, 6.07) is 5.59. The summed E-state index contributed by atoms with van der Waals surface area (Å²) in [5.74, 6) is -4.31. The molecule has 1 unspecified atom stereocenters. The number of carbonyl (C=O) groups excluding carboxylic acids is 11. The lowest BCUT2D eigenvalue weighted by Gasteiger charge is -2.22. The topological polar surface area (TPSA) is 235 Å². The van der Waals surface area contributed by atoms with Crippen molar-refractivity contribution in [2.45, 2.75) is 50.2 Å². The van der Waals surface area contributed by atoms with Gasteiger partial charge in [-0.25, -0.2) is 9.78 Å². The van der Waals surface area contributed by atoms with E-state index in [0.29, 0.717) is 15.9 Å². The molecule has 0 saturated carbocycles. The van der Waals surface area contributed by atoms with Crippen molar-refractivity contribution in [2.75, 3.05) is 25.4 Å². The summed E-state index contributed by atoms with van der Waals surface area (Å²) in [6.45, 7) is 1.65. The normalized spacial score (nSPS) is 18.4. The molecule has 0 spiro atoms. The van der Waals surface area contributed by atoms with Crippen LogP contribution in [0.5, 0.6) is 0 Å². The SMILES string of the molecule is CC(CN1C(=O)C=CC1=O)ON1C(=O)CCC1=O.O=C(CCSSc1ccccn1)ON1C(=O)CCC1=O.O=C1C=CC(=O)N1CCN1C(=O)C=CC1=O. The van der Waals surface area contributed by atoms with Gasteiger partial charge in [-0.2, -0.15) is 5.06 Å². The number of hydrogen-bond donors (Lipinski definition) is 0. The van der Waals surface area contributed by atoms with Crippen molar-refractivity contribution in [3.8, 4) is 0 Å². The molecule has 5 aliphatic rings. The molecule has 0 bridgehead atoms. The lowest BCUT2D eigenvalue weighted by molar-refractivity contribution is -0.202. The van der Waals surface area contributed by atoms with Gasteiger partial charge in [0.15, 0.2) is 0 Å². The van der Waals surface area contributed by atoms with E-state index in [4.69, 9.17) is 9.68 Å². The lowest BCUT2D eigenvalue weighted by Crippen LogP contribution is -2.41. The molecular formula is C33H32N6O13S2. The minimum atomic E-state index is -0.621. The molecule has 2 fully saturated rings. The van der Waals surface area contributed by atoms with E-state index in [9.17, 15) is 52.7 Å². The molecule has 6 heterocycles. The standard InChI is InChI=1S/C12H12N2O4S2.C11H12N2O5.C10H8N2O4/c15-10-4-5-11(16)14(10)18-12(17)6-8-19-20-9-3-1-2-7-13-9;1-7(6-12-8(14)2-3-9(12)15)18-13-10(16)4-5-11(13)17;13-7-1-2-8(14)11(7)5-6-12-9(15)3-4-10(12)16/h1-3,7H,4-6,8H2;2-3,7H,4-6H2,1H3;1-4H,5-6H2. The molecule has 2 saturated heterocycles. The Balaban J connectivity index is 0.000000182. The fourth-order valence-corrected chi connectivity index (χ4v) is 6.54. The fourth-order valence-electron chi connectivity index (χ4n) is 4.69. The van der Waals surface area contributed by atoms with E-state index in [1.807, 2.05) is 18.2 Å². The van der Waals surface area contributed by atoms with Gasteiger partial charge >= 0.3 is 5.97 Å². The summed E-state index contributed by atoms with van der Waals surface area (Å²) in [5, 5.41) is 2.14. The van der Waals surface area contributed by atoms with Crippen LogP contribution in [0.4, 0.5) is 0 Å². The molecule has 0 N–H and O–H groups in total. The van der Waals surface area contributed by atoms with Gasteiger partial charge in [0, 0.05) is 87.2 Å². The smallest absolute Gasteiger partial charge is 0.330 e. The Morgan fingerprint density at radius 3 is 1.56 bits per heavy atom. The summed E-state index contributed by atoms with van der Waals surface area (Å²) in [7, 11) is 2.92. The van der Waals surface area contributed by atoms with Gasteiger partial charge in [0.2, 0.25) is 0 Å². The average Bonchev–Trinajstić information content (AvgIpc) is 3.93. The van der Waals surface area contributed by atoms with E-state index in [-0.39, 0.29) is 51.7 Å². The van der Waals surface area contributed by atoms with Crippen molar-refractivity contribution in [1.29, 1.82) is 0 Å². The molecule has 284 valence electrons. The summed E-state index contributed by atoms with van der Waals surface area (Å²) >= 11 is 0. The maximum atomic E-state index is 11.5. The van der Waals surface area contributed by atoms with Crippen LogP contribution in [-0.4, -0.2) is 126 Å². The highest BCUT2D eigenvalue weighted by Gasteiger charge is 2.34. The van der Waals surface area contributed by atoms with E-state index in [2.05, 4.69) is 4.98 Å². The number of imide groups is 5. The monoisotopic (exact) mass is 784 g/mol. The van der Waals surface area contributed by atoms with Crippen molar-refractivity contribution in [1.82, 2.24) is 29.8 Å². The Bertz CT molecular complexity index is 1700. The quantitative estimate of drug-likeness (QED) is 0.146. The van der Waals surface area contributed by atoms with Gasteiger partial charge < -0.3 is 4.84 Å². The molecule has 0 radical (unpaired) electrons. The van der Waals surface area contributed by atoms with Gasteiger partial charge in [-0.1, -0.05) is 16.9 Å². The first kappa shape index (κ1) is 41.0. The zero-order valence-corrected chi connectivity index (χ0v) is 30.2. The molecule has 19 nitrogen and oxygen atoms in total.